The van der Waals surface area contributed by atoms with E-state index in [-0.39, 0.29) is 5.82 Å². The lowest BCUT2D eigenvalue weighted by Gasteiger charge is -2.04. The predicted octanol–water partition coefficient (Wildman–Crippen LogP) is 1.94. The van der Waals surface area contributed by atoms with Gasteiger partial charge in [0.1, 0.15) is 11.6 Å². The summed E-state index contributed by atoms with van der Waals surface area (Å²) in [6.45, 7) is 4.04. The largest absolute Gasteiger partial charge is 0.381 e. The fourth-order valence-electron chi connectivity index (χ4n) is 1.69. The summed E-state index contributed by atoms with van der Waals surface area (Å²) in [5, 5.41) is 12.9. The molecule has 2 rings (SSSR count). The van der Waals surface area contributed by atoms with Crippen molar-refractivity contribution in [3.05, 3.63) is 41.1 Å². The summed E-state index contributed by atoms with van der Waals surface area (Å²) in [7, 11) is 0. The third-order valence-electron chi connectivity index (χ3n) is 2.33. The molecule has 4 heteroatoms. The molecule has 2 N–H and O–H groups in total. The third-order valence-corrected chi connectivity index (χ3v) is 2.33. The Morgan fingerprint density at radius 2 is 1.88 bits per heavy atom. The van der Waals surface area contributed by atoms with Gasteiger partial charge in [0.2, 0.25) is 0 Å². The maximum Gasteiger partial charge on any atom is 0.163 e. The Morgan fingerprint density at radius 3 is 2.38 bits per heavy atom. The molecule has 0 fully saturated rings. The summed E-state index contributed by atoms with van der Waals surface area (Å²) in [6, 6.07) is 8.09. The fraction of sp³-hybridized carbons (Fsp3) is 0.167. The van der Waals surface area contributed by atoms with E-state index in [0.717, 1.165) is 16.8 Å². The van der Waals surface area contributed by atoms with Gasteiger partial charge in [0.15, 0.2) is 5.82 Å². The van der Waals surface area contributed by atoms with Gasteiger partial charge < -0.3 is 5.73 Å². The molecular formula is C12H12N4. The molecule has 0 radical (unpaired) electrons. The quantitative estimate of drug-likeness (QED) is 0.785. The van der Waals surface area contributed by atoms with Crippen molar-refractivity contribution in [2.24, 2.45) is 0 Å². The molecule has 0 unspecified atom stereocenters. The van der Waals surface area contributed by atoms with E-state index in [1.165, 1.54) is 0 Å². The molecule has 0 aliphatic heterocycles. The van der Waals surface area contributed by atoms with Crippen LogP contribution in [-0.2, 0) is 0 Å². The molecule has 0 aliphatic rings. The van der Waals surface area contributed by atoms with Crippen molar-refractivity contribution < 1.29 is 0 Å². The summed E-state index contributed by atoms with van der Waals surface area (Å²) < 4.78 is 1.63. The number of nitrogens with zero attached hydrogens (tertiary/aromatic N) is 3. The highest BCUT2D eigenvalue weighted by atomic mass is 15.3. The Hall–Kier alpha value is -2.28. The minimum absolute atomic E-state index is 0.265. The van der Waals surface area contributed by atoms with Crippen molar-refractivity contribution in [1.82, 2.24) is 9.78 Å². The van der Waals surface area contributed by atoms with Gasteiger partial charge >= 0.3 is 0 Å². The molecule has 4 nitrogen and oxygen atoms in total. The summed E-state index contributed by atoms with van der Waals surface area (Å²) in [5.74, 6) is 0.265. The van der Waals surface area contributed by atoms with E-state index < -0.39 is 0 Å². The molecule has 1 heterocycles. The zero-order valence-electron chi connectivity index (χ0n) is 9.23. The van der Waals surface area contributed by atoms with E-state index in [0.29, 0.717) is 5.56 Å². The first kappa shape index (κ1) is 10.2. The van der Waals surface area contributed by atoms with Gasteiger partial charge in [0.25, 0.3) is 0 Å². The van der Waals surface area contributed by atoms with E-state index in [1.54, 1.807) is 10.9 Å². The molecule has 0 saturated carbocycles. The summed E-state index contributed by atoms with van der Waals surface area (Å²) in [5.41, 5.74) is 9.25. The molecular weight excluding hydrogens is 200 g/mol. The molecule has 1 aromatic carbocycles. The van der Waals surface area contributed by atoms with Gasteiger partial charge in [-0.05, 0) is 37.1 Å². The van der Waals surface area contributed by atoms with Crippen molar-refractivity contribution in [2.45, 2.75) is 13.8 Å². The molecule has 16 heavy (non-hydrogen) atoms. The highest BCUT2D eigenvalue weighted by molar-refractivity contribution is 5.49. The lowest BCUT2D eigenvalue weighted by molar-refractivity contribution is 0.883. The minimum Gasteiger partial charge on any atom is -0.381 e. The van der Waals surface area contributed by atoms with Crippen molar-refractivity contribution >= 4 is 5.82 Å². The predicted molar refractivity (Wildman–Crippen MR) is 62.2 cm³/mol. The minimum atomic E-state index is 0.265. The van der Waals surface area contributed by atoms with Gasteiger partial charge in [-0.15, -0.1) is 5.10 Å². The Labute approximate surface area is 93.9 Å². The first-order valence-corrected chi connectivity index (χ1v) is 4.94. The van der Waals surface area contributed by atoms with Crippen LogP contribution in [0.25, 0.3) is 5.69 Å². The van der Waals surface area contributed by atoms with Crippen LogP contribution in [0.2, 0.25) is 0 Å². The van der Waals surface area contributed by atoms with Crippen LogP contribution in [0.3, 0.4) is 0 Å². The third kappa shape index (κ3) is 1.75. The number of nitriles is 1. The lowest BCUT2D eigenvalue weighted by Crippen LogP contribution is -1.97. The monoisotopic (exact) mass is 212 g/mol. The molecule has 0 aliphatic carbocycles. The second-order valence-corrected chi connectivity index (χ2v) is 3.83. The van der Waals surface area contributed by atoms with Gasteiger partial charge in [-0.3, -0.25) is 0 Å². The Kier molecular flexibility index (Phi) is 2.37. The molecule has 0 amide bonds. The van der Waals surface area contributed by atoms with Crippen LogP contribution < -0.4 is 5.73 Å². The maximum atomic E-state index is 8.80. The van der Waals surface area contributed by atoms with E-state index in [1.807, 2.05) is 32.0 Å². The number of hydrogen-bond acceptors (Lipinski definition) is 3. The number of rotatable bonds is 1. The number of aryl methyl sites for hydroxylation is 2. The highest BCUT2D eigenvalue weighted by Crippen LogP contribution is 2.16. The van der Waals surface area contributed by atoms with Gasteiger partial charge in [-0.1, -0.05) is 6.07 Å². The lowest BCUT2D eigenvalue weighted by atomic mass is 10.1. The number of benzene rings is 1. The zero-order valence-corrected chi connectivity index (χ0v) is 9.23. The smallest absolute Gasteiger partial charge is 0.163 e. The van der Waals surface area contributed by atoms with Crippen LogP contribution >= 0.6 is 0 Å². The number of anilines is 1. The van der Waals surface area contributed by atoms with Crippen molar-refractivity contribution in [3.8, 4) is 11.8 Å². The average Bonchev–Trinajstić information content (AvgIpc) is 2.58. The van der Waals surface area contributed by atoms with Crippen LogP contribution in [0.4, 0.5) is 5.82 Å². The second kappa shape index (κ2) is 3.70. The zero-order chi connectivity index (χ0) is 11.7. The van der Waals surface area contributed by atoms with E-state index in [4.69, 9.17) is 11.0 Å². The number of nitrogen functional groups attached to an aromatic ring is 1. The van der Waals surface area contributed by atoms with E-state index in [9.17, 15) is 0 Å². The van der Waals surface area contributed by atoms with Gasteiger partial charge in [0.05, 0.1) is 11.9 Å². The standard InChI is InChI=1S/C12H12N4/c1-8-3-9(2)5-11(4-8)16-7-10(6-13)12(14)15-16/h3-5,7H,1-2H3,(H2,14,15). The molecule has 0 bridgehead atoms. The number of nitrogens with two attached hydrogens (primary N) is 1. The topological polar surface area (TPSA) is 67.6 Å². The van der Waals surface area contributed by atoms with Gasteiger partial charge in [0, 0.05) is 0 Å². The molecule has 0 atom stereocenters. The van der Waals surface area contributed by atoms with Crippen molar-refractivity contribution in [2.75, 3.05) is 5.73 Å². The van der Waals surface area contributed by atoms with Gasteiger partial charge in [-0.25, -0.2) is 4.68 Å². The summed E-state index contributed by atoms with van der Waals surface area (Å²) >= 11 is 0. The van der Waals surface area contributed by atoms with Crippen LogP contribution in [0.15, 0.2) is 24.4 Å². The maximum absolute atomic E-state index is 8.80. The Balaban J connectivity index is 2.55. The van der Waals surface area contributed by atoms with E-state index >= 15 is 0 Å². The molecule has 0 spiro atoms. The fourth-order valence-corrected chi connectivity index (χ4v) is 1.69. The number of aromatic nitrogens is 2. The van der Waals surface area contributed by atoms with Crippen LogP contribution in [0, 0.1) is 25.2 Å². The first-order chi connectivity index (χ1) is 7.60. The van der Waals surface area contributed by atoms with Crippen molar-refractivity contribution in [3.63, 3.8) is 0 Å². The molecule has 2 aromatic rings. The van der Waals surface area contributed by atoms with Crippen molar-refractivity contribution in [1.29, 1.82) is 5.26 Å². The normalized spacial score (nSPS) is 10.1. The summed E-state index contributed by atoms with van der Waals surface area (Å²) in [6.07, 6.45) is 1.64. The summed E-state index contributed by atoms with van der Waals surface area (Å²) in [4.78, 5) is 0. The second-order valence-electron chi connectivity index (χ2n) is 3.83. The molecule has 0 saturated heterocycles. The highest BCUT2D eigenvalue weighted by Gasteiger charge is 2.06. The van der Waals surface area contributed by atoms with Gasteiger partial charge in [-0.2, -0.15) is 5.26 Å². The van der Waals surface area contributed by atoms with Crippen LogP contribution in [0.1, 0.15) is 16.7 Å². The first-order valence-electron chi connectivity index (χ1n) is 4.94. The van der Waals surface area contributed by atoms with Crippen LogP contribution in [0.5, 0.6) is 0 Å². The van der Waals surface area contributed by atoms with Crippen LogP contribution in [-0.4, -0.2) is 9.78 Å². The number of hydrogen-bond donors (Lipinski definition) is 1. The SMILES string of the molecule is Cc1cc(C)cc(-n2cc(C#N)c(N)n2)c1. The molecule has 80 valence electrons. The Morgan fingerprint density at radius 1 is 1.25 bits per heavy atom. The average molecular weight is 212 g/mol. The Bertz CT molecular complexity index is 555. The molecule has 1 aromatic heterocycles. The van der Waals surface area contributed by atoms with E-state index in [2.05, 4.69) is 11.2 Å².